The van der Waals surface area contributed by atoms with Crippen molar-refractivity contribution in [2.75, 3.05) is 20.3 Å². The SMILES string of the molecule is CCOc1ccc(S(=O)(=O)NCC2(OC)C3CC4CC(C3)CC2C4)cc1C. The van der Waals surface area contributed by atoms with Crippen LogP contribution in [0.4, 0.5) is 0 Å². The molecule has 4 aliphatic rings. The minimum atomic E-state index is -3.58. The number of hydrogen-bond acceptors (Lipinski definition) is 4. The highest BCUT2D eigenvalue weighted by molar-refractivity contribution is 7.89. The van der Waals surface area contributed by atoms with Gasteiger partial charge in [-0.2, -0.15) is 0 Å². The van der Waals surface area contributed by atoms with Gasteiger partial charge < -0.3 is 9.47 Å². The predicted molar refractivity (Wildman–Crippen MR) is 104 cm³/mol. The van der Waals surface area contributed by atoms with Gasteiger partial charge in [0.15, 0.2) is 0 Å². The highest BCUT2D eigenvalue weighted by atomic mass is 32.2. The van der Waals surface area contributed by atoms with E-state index in [0.717, 1.165) is 23.1 Å². The number of rotatable bonds is 7. The van der Waals surface area contributed by atoms with Gasteiger partial charge in [-0.25, -0.2) is 13.1 Å². The molecule has 0 atom stereocenters. The van der Waals surface area contributed by atoms with Crippen LogP contribution in [0.3, 0.4) is 0 Å². The van der Waals surface area contributed by atoms with Gasteiger partial charge >= 0.3 is 0 Å². The third-order valence-corrected chi connectivity index (χ3v) is 8.59. The summed E-state index contributed by atoms with van der Waals surface area (Å²) in [6.45, 7) is 4.72. The van der Waals surface area contributed by atoms with Gasteiger partial charge in [0.25, 0.3) is 0 Å². The number of ether oxygens (including phenoxy) is 2. The van der Waals surface area contributed by atoms with Crippen molar-refractivity contribution in [1.29, 1.82) is 0 Å². The molecule has 5 nitrogen and oxygen atoms in total. The third-order valence-electron chi connectivity index (χ3n) is 7.20. The quantitative estimate of drug-likeness (QED) is 0.770. The number of hydrogen-bond donors (Lipinski definition) is 1. The van der Waals surface area contributed by atoms with Crippen LogP contribution in [0.15, 0.2) is 23.1 Å². The van der Waals surface area contributed by atoms with E-state index >= 15 is 0 Å². The molecule has 0 radical (unpaired) electrons. The van der Waals surface area contributed by atoms with Gasteiger partial charge in [0, 0.05) is 13.7 Å². The highest BCUT2D eigenvalue weighted by Gasteiger charge is 2.57. The second-order valence-corrected chi connectivity index (χ2v) is 10.4. The fourth-order valence-corrected chi connectivity index (χ4v) is 7.24. The molecule has 0 aromatic heterocycles. The van der Waals surface area contributed by atoms with E-state index in [0.29, 0.717) is 29.9 Å². The maximum atomic E-state index is 12.9. The minimum absolute atomic E-state index is 0.290. The number of methoxy groups -OCH3 is 1. The second-order valence-electron chi connectivity index (χ2n) is 8.65. The largest absolute Gasteiger partial charge is 0.494 e. The fourth-order valence-electron chi connectivity index (χ4n) is 6.07. The van der Waals surface area contributed by atoms with Crippen molar-refractivity contribution in [3.63, 3.8) is 0 Å². The molecule has 0 aliphatic heterocycles. The van der Waals surface area contributed by atoms with Gasteiger partial charge in [-0.05, 0) is 93.4 Å². The standard InChI is InChI=1S/C21H31NO4S/c1-4-26-20-6-5-19(7-14(20)2)27(23,24)22-13-21(25-3)17-9-15-8-16(11-17)12-18(21)10-15/h5-7,15-18,22H,4,8-13H2,1-3H3. The van der Waals surface area contributed by atoms with E-state index in [1.165, 1.54) is 32.1 Å². The van der Waals surface area contributed by atoms with Gasteiger partial charge in [0.1, 0.15) is 5.75 Å². The summed E-state index contributed by atoms with van der Waals surface area (Å²) >= 11 is 0. The number of aryl methyl sites for hydroxylation is 1. The summed E-state index contributed by atoms with van der Waals surface area (Å²) < 4.78 is 40.4. The molecule has 0 unspecified atom stereocenters. The molecule has 1 aromatic carbocycles. The summed E-state index contributed by atoms with van der Waals surface area (Å²) in [5, 5.41) is 0. The second kappa shape index (κ2) is 7.05. The maximum absolute atomic E-state index is 12.9. The first-order chi connectivity index (χ1) is 12.9. The van der Waals surface area contributed by atoms with Crippen LogP contribution in [0.1, 0.15) is 44.6 Å². The molecule has 0 saturated heterocycles. The Morgan fingerprint density at radius 1 is 1.11 bits per heavy atom. The summed E-state index contributed by atoms with van der Waals surface area (Å²) in [6.07, 6.45) is 6.11. The Balaban J connectivity index is 1.52. The lowest BCUT2D eigenvalue weighted by atomic mass is 9.50. The van der Waals surface area contributed by atoms with E-state index in [-0.39, 0.29) is 5.60 Å². The summed E-state index contributed by atoms with van der Waals surface area (Å²) in [6, 6.07) is 5.04. The van der Waals surface area contributed by atoms with Crippen LogP contribution >= 0.6 is 0 Å². The molecule has 4 saturated carbocycles. The van der Waals surface area contributed by atoms with E-state index in [2.05, 4.69) is 4.72 Å². The number of nitrogens with one attached hydrogen (secondary N) is 1. The third kappa shape index (κ3) is 3.30. The van der Waals surface area contributed by atoms with Gasteiger partial charge in [-0.15, -0.1) is 0 Å². The Bertz CT molecular complexity index is 776. The molecule has 27 heavy (non-hydrogen) atoms. The van der Waals surface area contributed by atoms with Gasteiger partial charge in [-0.3, -0.25) is 0 Å². The van der Waals surface area contributed by atoms with Crippen molar-refractivity contribution >= 4 is 10.0 Å². The van der Waals surface area contributed by atoms with E-state index in [1.54, 1.807) is 25.3 Å². The monoisotopic (exact) mass is 393 g/mol. The van der Waals surface area contributed by atoms with E-state index in [4.69, 9.17) is 9.47 Å². The maximum Gasteiger partial charge on any atom is 0.240 e. The molecule has 150 valence electrons. The van der Waals surface area contributed by atoms with Gasteiger partial charge in [-0.1, -0.05) is 0 Å². The lowest BCUT2D eigenvalue weighted by molar-refractivity contribution is -0.185. The van der Waals surface area contributed by atoms with Crippen LogP contribution in [-0.4, -0.2) is 34.3 Å². The minimum Gasteiger partial charge on any atom is -0.494 e. The van der Waals surface area contributed by atoms with Crippen molar-refractivity contribution in [1.82, 2.24) is 4.72 Å². The lowest BCUT2D eigenvalue weighted by Crippen LogP contribution is -2.63. The van der Waals surface area contributed by atoms with Gasteiger partial charge in [0.05, 0.1) is 17.1 Å². The van der Waals surface area contributed by atoms with Crippen LogP contribution in [-0.2, 0) is 14.8 Å². The lowest BCUT2D eigenvalue weighted by Gasteiger charge is -2.60. The van der Waals surface area contributed by atoms with Crippen molar-refractivity contribution in [2.24, 2.45) is 23.7 Å². The summed E-state index contributed by atoms with van der Waals surface area (Å²) in [4.78, 5) is 0.290. The first-order valence-corrected chi connectivity index (χ1v) is 11.6. The van der Waals surface area contributed by atoms with E-state index < -0.39 is 10.0 Å². The zero-order valence-electron chi connectivity index (χ0n) is 16.5. The molecule has 0 heterocycles. The van der Waals surface area contributed by atoms with Crippen LogP contribution in [0, 0.1) is 30.6 Å². The molecule has 4 aliphatic carbocycles. The number of benzene rings is 1. The van der Waals surface area contributed by atoms with E-state index in [9.17, 15) is 8.42 Å². The molecule has 0 spiro atoms. The summed E-state index contributed by atoms with van der Waals surface area (Å²) in [5.41, 5.74) is 0.483. The molecule has 1 N–H and O–H groups in total. The summed E-state index contributed by atoms with van der Waals surface area (Å²) in [5.74, 6) is 3.32. The average molecular weight is 394 g/mol. The molecule has 0 amide bonds. The Kier molecular flexibility index (Phi) is 5.02. The van der Waals surface area contributed by atoms with Crippen molar-refractivity contribution in [2.45, 2.75) is 56.4 Å². The predicted octanol–water partition coefficient (Wildman–Crippen LogP) is 3.51. The Morgan fingerprint density at radius 2 is 1.74 bits per heavy atom. The van der Waals surface area contributed by atoms with Crippen molar-refractivity contribution in [3.8, 4) is 5.75 Å². The molecule has 5 rings (SSSR count). The Hall–Kier alpha value is -1.11. The zero-order chi connectivity index (χ0) is 19.2. The van der Waals surface area contributed by atoms with Crippen molar-refractivity contribution < 1.29 is 17.9 Å². The molecule has 1 aromatic rings. The molecule has 6 heteroatoms. The van der Waals surface area contributed by atoms with Crippen molar-refractivity contribution in [3.05, 3.63) is 23.8 Å². The first kappa shape index (κ1) is 19.2. The topological polar surface area (TPSA) is 64.6 Å². The summed E-state index contributed by atoms with van der Waals surface area (Å²) in [7, 11) is -1.82. The highest BCUT2D eigenvalue weighted by Crippen LogP contribution is 2.59. The van der Waals surface area contributed by atoms with Crippen LogP contribution in [0.2, 0.25) is 0 Å². The Morgan fingerprint density at radius 3 is 2.26 bits per heavy atom. The fraction of sp³-hybridized carbons (Fsp3) is 0.714. The van der Waals surface area contributed by atoms with Gasteiger partial charge in [0.2, 0.25) is 10.0 Å². The normalized spacial score (nSPS) is 34.8. The molecule has 4 bridgehead atoms. The Labute approximate surface area is 162 Å². The molecule has 4 fully saturated rings. The zero-order valence-corrected chi connectivity index (χ0v) is 17.3. The molecular formula is C21H31NO4S. The van der Waals surface area contributed by atoms with Crippen LogP contribution < -0.4 is 9.46 Å². The smallest absolute Gasteiger partial charge is 0.240 e. The van der Waals surface area contributed by atoms with Crippen LogP contribution in [0.25, 0.3) is 0 Å². The van der Waals surface area contributed by atoms with E-state index in [1.807, 2.05) is 13.8 Å². The molecular weight excluding hydrogens is 362 g/mol. The first-order valence-electron chi connectivity index (χ1n) is 10.2. The average Bonchev–Trinajstić information content (AvgIpc) is 2.63. The van der Waals surface area contributed by atoms with Crippen LogP contribution in [0.5, 0.6) is 5.75 Å². The number of sulfonamides is 1.